The van der Waals surface area contributed by atoms with E-state index in [1.165, 1.54) is 5.57 Å². The van der Waals surface area contributed by atoms with Crippen molar-refractivity contribution in [2.75, 3.05) is 0 Å². The van der Waals surface area contributed by atoms with E-state index in [-0.39, 0.29) is 27.9 Å². The van der Waals surface area contributed by atoms with Gasteiger partial charge in [-0.15, -0.1) is 6.58 Å². The van der Waals surface area contributed by atoms with Crippen LogP contribution in [0.25, 0.3) is 0 Å². The monoisotopic (exact) mass is 422 g/mol. The molecule has 3 atom stereocenters. The van der Waals surface area contributed by atoms with Crippen LogP contribution in [0.3, 0.4) is 0 Å². The van der Waals surface area contributed by atoms with Gasteiger partial charge in [0.2, 0.25) is 0 Å². The summed E-state index contributed by atoms with van der Waals surface area (Å²) >= 11 is 0. The summed E-state index contributed by atoms with van der Waals surface area (Å²) in [5.74, 6) is 0.496. The first-order valence-corrected chi connectivity index (χ1v) is 16.5. The SMILES string of the molecule is C=CC[C@@]1(O[Si](C)(C)C(C)(C)C)C[C@@H]2CC(=O)C=C2[C@H]1O[Si](C)(C)C(C)(C)C. The van der Waals surface area contributed by atoms with Crippen LogP contribution >= 0.6 is 0 Å². The summed E-state index contributed by atoms with van der Waals surface area (Å²) in [6.07, 6.45) is 5.94. The molecule has 0 aliphatic heterocycles. The van der Waals surface area contributed by atoms with Gasteiger partial charge >= 0.3 is 0 Å². The fourth-order valence-corrected chi connectivity index (χ4v) is 6.80. The number of fused-ring (bicyclic) bond motifs is 1. The van der Waals surface area contributed by atoms with Crippen LogP contribution in [0.5, 0.6) is 0 Å². The summed E-state index contributed by atoms with van der Waals surface area (Å²) in [6, 6.07) is 0. The Balaban J connectivity index is 2.54. The molecular formula is C23H42O3Si2. The van der Waals surface area contributed by atoms with Crippen molar-refractivity contribution in [2.45, 2.75) is 109 Å². The van der Waals surface area contributed by atoms with Gasteiger partial charge in [0.25, 0.3) is 0 Å². The second-order valence-electron chi connectivity index (χ2n) is 11.9. The summed E-state index contributed by atoms with van der Waals surface area (Å²) in [5, 5.41) is 0.218. The van der Waals surface area contributed by atoms with Gasteiger partial charge in [-0.3, -0.25) is 4.79 Å². The third-order valence-electron chi connectivity index (χ3n) is 7.59. The van der Waals surface area contributed by atoms with Crippen molar-refractivity contribution in [2.24, 2.45) is 5.92 Å². The van der Waals surface area contributed by atoms with Crippen molar-refractivity contribution >= 4 is 22.4 Å². The minimum Gasteiger partial charge on any atom is -0.408 e. The third-order valence-corrected chi connectivity index (χ3v) is 16.6. The Labute approximate surface area is 175 Å². The smallest absolute Gasteiger partial charge is 0.193 e. The molecule has 28 heavy (non-hydrogen) atoms. The minimum atomic E-state index is -2.04. The highest BCUT2D eigenvalue weighted by atomic mass is 28.4. The summed E-state index contributed by atoms with van der Waals surface area (Å²) in [7, 11) is -4.07. The van der Waals surface area contributed by atoms with Gasteiger partial charge in [-0.25, -0.2) is 0 Å². The van der Waals surface area contributed by atoms with E-state index in [2.05, 4.69) is 74.3 Å². The molecule has 2 rings (SSSR count). The van der Waals surface area contributed by atoms with Crippen LogP contribution in [0, 0.1) is 5.92 Å². The fraction of sp³-hybridized carbons (Fsp3) is 0.783. The second kappa shape index (κ2) is 7.33. The highest BCUT2D eigenvalue weighted by Gasteiger charge is 2.58. The first kappa shape index (κ1) is 23.8. The number of carbonyl (C=O) groups excluding carboxylic acids is 1. The van der Waals surface area contributed by atoms with Crippen LogP contribution < -0.4 is 0 Å². The Morgan fingerprint density at radius 1 is 1.11 bits per heavy atom. The molecule has 1 fully saturated rings. The predicted molar refractivity (Wildman–Crippen MR) is 124 cm³/mol. The van der Waals surface area contributed by atoms with E-state index < -0.39 is 22.2 Å². The molecule has 5 heteroatoms. The summed E-state index contributed by atoms with van der Waals surface area (Å²) in [4.78, 5) is 12.2. The van der Waals surface area contributed by atoms with Crippen LogP contribution in [0.4, 0.5) is 0 Å². The topological polar surface area (TPSA) is 35.5 Å². The van der Waals surface area contributed by atoms with Crippen LogP contribution in [0.2, 0.25) is 36.3 Å². The van der Waals surface area contributed by atoms with Gasteiger partial charge in [0.05, 0.1) is 11.7 Å². The molecule has 160 valence electrons. The Morgan fingerprint density at radius 3 is 2.11 bits per heavy atom. The van der Waals surface area contributed by atoms with Gasteiger partial charge in [-0.1, -0.05) is 47.6 Å². The van der Waals surface area contributed by atoms with Crippen molar-refractivity contribution in [1.82, 2.24) is 0 Å². The number of hydrogen-bond donors (Lipinski definition) is 0. The molecule has 0 unspecified atom stereocenters. The average molecular weight is 423 g/mol. The maximum atomic E-state index is 12.2. The molecule has 0 saturated heterocycles. The van der Waals surface area contributed by atoms with Crippen molar-refractivity contribution < 1.29 is 13.6 Å². The minimum absolute atomic E-state index is 0.102. The highest BCUT2D eigenvalue weighted by molar-refractivity contribution is 6.74. The molecule has 0 spiro atoms. The molecule has 0 heterocycles. The van der Waals surface area contributed by atoms with E-state index in [1.54, 1.807) is 0 Å². The Kier molecular flexibility index (Phi) is 6.22. The standard InChI is InChI=1S/C23H42O3Si2/c1-12-13-23(26-28(10,11)22(5,6)7)16-17-14-18(24)15-19(17)20(23)25-27(8,9)21(2,3)4/h12,15,17,20H,1,13-14,16H2,2-11H3/t17-,20+,23+/m0/s1. The number of hydrogen-bond acceptors (Lipinski definition) is 3. The predicted octanol–water partition coefficient (Wildman–Crippen LogP) is 6.63. The maximum absolute atomic E-state index is 12.2. The highest BCUT2D eigenvalue weighted by Crippen LogP contribution is 2.54. The van der Waals surface area contributed by atoms with E-state index >= 15 is 0 Å². The summed E-state index contributed by atoms with van der Waals surface area (Å²) < 4.78 is 14.2. The van der Waals surface area contributed by atoms with Crippen molar-refractivity contribution in [3.63, 3.8) is 0 Å². The second-order valence-corrected chi connectivity index (χ2v) is 21.4. The zero-order valence-corrected chi connectivity index (χ0v) is 21.9. The average Bonchev–Trinajstić information content (AvgIpc) is 2.92. The lowest BCUT2D eigenvalue weighted by molar-refractivity contribution is -0.114. The van der Waals surface area contributed by atoms with Gasteiger partial charge in [0.15, 0.2) is 22.4 Å². The van der Waals surface area contributed by atoms with E-state index in [0.29, 0.717) is 6.42 Å². The molecule has 1 saturated carbocycles. The molecule has 3 nitrogen and oxygen atoms in total. The van der Waals surface area contributed by atoms with Gasteiger partial charge in [0, 0.05) is 6.42 Å². The van der Waals surface area contributed by atoms with E-state index in [4.69, 9.17) is 8.85 Å². The van der Waals surface area contributed by atoms with E-state index in [9.17, 15) is 4.79 Å². The summed E-state index contributed by atoms with van der Waals surface area (Å²) in [6.45, 7) is 26.9. The Hall–Kier alpha value is -0.496. The van der Waals surface area contributed by atoms with Crippen LogP contribution in [-0.4, -0.2) is 34.1 Å². The zero-order valence-electron chi connectivity index (χ0n) is 19.9. The molecule has 0 aromatic carbocycles. The molecule has 0 N–H and O–H groups in total. The Morgan fingerprint density at radius 2 is 1.64 bits per heavy atom. The van der Waals surface area contributed by atoms with Gasteiger partial charge in [-0.2, -0.15) is 0 Å². The number of carbonyl (C=O) groups is 1. The van der Waals surface area contributed by atoms with Crippen molar-refractivity contribution in [3.8, 4) is 0 Å². The molecule has 0 bridgehead atoms. The van der Waals surface area contributed by atoms with Crippen LogP contribution in [0.15, 0.2) is 24.3 Å². The number of rotatable bonds is 6. The van der Waals surface area contributed by atoms with Crippen LogP contribution in [-0.2, 0) is 13.6 Å². The molecular weight excluding hydrogens is 380 g/mol. The first-order chi connectivity index (χ1) is 12.5. The largest absolute Gasteiger partial charge is 0.408 e. The lowest BCUT2D eigenvalue weighted by atomic mass is 9.93. The molecule has 2 aliphatic rings. The molecule has 2 aliphatic carbocycles. The van der Waals surface area contributed by atoms with Gasteiger partial charge in [0.1, 0.15) is 0 Å². The lowest BCUT2D eigenvalue weighted by Crippen LogP contribution is -2.57. The normalized spacial score (nSPS) is 29.1. The summed E-state index contributed by atoms with van der Waals surface area (Å²) in [5.41, 5.74) is 0.771. The Bertz CT molecular complexity index is 664. The molecule has 0 radical (unpaired) electrons. The number of ketones is 1. The quantitative estimate of drug-likeness (QED) is 0.356. The van der Waals surface area contributed by atoms with E-state index in [1.807, 2.05) is 12.2 Å². The van der Waals surface area contributed by atoms with Gasteiger partial charge < -0.3 is 8.85 Å². The van der Waals surface area contributed by atoms with E-state index in [0.717, 1.165) is 12.8 Å². The van der Waals surface area contributed by atoms with Crippen LogP contribution in [0.1, 0.15) is 60.8 Å². The molecule has 0 aromatic heterocycles. The number of allylic oxidation sites excluding steroid dienone is 1. The zero-order chi connectivity index (χ0) is 21.8. The third kappa shape index (κ3) is 4.32. The van der Waals surface area contributed by atoms with Crippen molar-refractivity contribution in [1.29, 1.82) is 0 Å². The molecule has 0 aromatic rings. The first-order valence-electron chi connectivity index (χ1n) is 10.7. The molecule has 0 amide bonds. The van der Waals surface area contributed by atoms with Gasteiger partial charge in [-0.05, 0) is 66.7 Å². The maximum Gasteiger partial charge on any atom is 0.193 e. The fourth-order valence-electron chi connectivity index (χ4n) is 3.91. The van der Waals surface area contributed by atoms with Crippen molar-refractivity contribution in [3.05, 3.63) is 24.3 Å². The lowest BCUT2D eigenvalue weighted by Gasteiger charge is -2.49.